The summed E-state index contributed by atoms with van der Waals surface area (Å²) in [7, 11) is 1.72. The molecule has 2 rings (SSSR count). The molecule has 1 atom stereocenters. The molecule has 0 aliphatic heterocycles. The minimum absolute atomic E-state index is 0.0762. The third-order valence-electron chi connectivity index (χ3n) is 3.71. The minimum atomic E-state index is -0.0762. The van der Waals surface area contributed by atoms with Crippen molar-refractivity contribution in [3.8, 4) is 0 Å². The lowest BCUT2D eigenvalue weighted by atomic mass is 10.1. The molecule has 134 valence electrons. The first-order valence-electron chi connectivity index (χ1n) is 8.28. The molecule has 0 aliphatic rings. The number of carbonyl (C=O) groups is 1. The molecule has 3 N–H and O–H groups in total. The number of guanidine groups is 1. The number of nitrogens with zero attached hydrogens (tertiary/aromatic N) is 2. The number of amides is 1. The number of carbonyl (C=O) groups excluding carboxylic acids is 1. The van der Waals surface area contributed by atoms with Crippen molar-refractivity contribution in [2.24, 2.45) is 4.99 Å². The van der Waals surface area contributed by atoms with E-state index < -0.39 is 0 Å². The zero-order valence-electron chi connectivity index (χ0n) is 14.9. The van der Waals surface area contributed by atoms with Crippen LogP contribution in [0.5, 0.6) is 0 Å². The normalized spacial score (nSPS) is 12.5. The van der Waals surface area contributed by atoms with Crippen LogP contribution in [0.15, 0.2) is 40.0 Å². The predicted octanol–water partition coefficient (Wildman–Crippen LogP) is 2.75. The summed E-state index contributed by atoms with van der Waals surface area (Å²) in [5, 5.41) is 13.5. The zero-order valence-corrected chi connectivity index (χ0v) is 15.7. The molecule has 2 heterocycles. The van der Waals surface area contributed by atoms with E-state index in [0.29, 0.717) is 30.7 Å². The van der Waals surface area contributed by atoms with E-state index in [-0.39, 0.29) is 5.91 Å². The Labute approximate surface area is 152 Å². The van der Waals surface area contributed by atoms with Gasteiger partial charge in [0.15, 0.2) is 5.96 Å². The van der Waals surface area contributed by atoms with Gasteiger partial charge in [0, 0.05) is 32.3 Å². The molecule has 0 radical (unpaired) electrons. The number of aryl methyl sites for hydroxylation is 1. The number of aliphatic imine (C=N–C) groups is 1. The largest absolute Gasteiger partial charge is 0.356 e. The Kier molecular flexibility index (Phi) is 7.40. The van der Waals surface area contributed by atoms with Crippen LogP contribution in [0.2, 0.25) is 0 Å². The first-order valence-corrected chi connectivity index (χ1v) is 9.23. The fourth-order valence-corrected chi connectivity index (χ4v) is 3.04. The van der Waals surface area contributed by atoms with Crippen molar-refractivity contribution in [1.82, 2.24) is 15.6 Å². The van der Waals surface area contributed by atoms with Gasteiger partial charge in [-0.2, -0.15) is 11.3 Å². The molecule has 0 spiro atoms. The summed E-state index contributed by atoms with van der Waals surface area (Å²) in [4.78, 5) is 20.4. The Balaban J connectivity index is 1.69. The van der Waals surface area contributed by atoms with Gasteiger partial charge in [0.1, 0.15) is 5.82 Å². The van der Waals surface area contributed by atoms with Gasteiger partial charge in [-0.3, -0.25) is 9.79 Å². The van der Waals surface area contributed by atoms with Crippen molar-refractivity contribution in [3.05, 3.63) is 46.3 Å². The van der Waals surface area contributed by atoms with Crippen LogP contribution in [0, 0.1) is 6.92 Å². The molecular weight excluding hydrogens is 334 g/mol. The molecule has 25 heavy (non-hydrogen) atoms. The lowest BCUT2D eigenvalue weighted by Crippen LogP contribution is -2.40. The average molecular weight is 359 g/mol. The standard InChI is InChI=1S/C18H25N5OS/c1-13(15-8-10-25-12-15)11-21-18(19-3)20-9-7-17(24)23-16-6-4-5-14(2)22-16/h4-6,8,10,12-13H,7,9,11H2,1-3H3,(H2,19,20,21)(H,22,23,24). The number of pyridine rings is 1. The van der Waals surface area contributed by atoms with E-state index in [9.17, 15) is 4.79 Å². The van der Waals surface area contributed by atoms with Gasteiger partial charge in [-0.15, -0.1) is 0 Å². The summed E-state index contributed by atoms with van der Waals surface area (Å²) in [6, 6.07) is 7.68. The molecule has 0 bridgehead atoms. The third kappa shape index (κ3) is 6.54. The highest BCUT2D eigenvalue weighted by Gasteiger charge is 2.08. The van der Waals surface area contributed by atoms with Gasteiger partial charge in [0.2, 0.25) is 5.91 Å². The van der Waals surface area contributed by atoms with Crippen LogP contribution < -0.4 is 16.0 Å². The highest BCUT2D eigenvalue weighted by molar-refractivity contribution is 7.07. The van der Waals surface area contributed by atoms with Gasteiger partial charge in [0.05, 0.1) is 0 Å². The van der Waals surface area contributed by atoms with E-state index >= 15 is 0 Å². The molecule has 0 aliphatic carbocycles. The number of nitrogens with one attached hydrogen (secondary N) is 3. The summed E-state index contributed by atoms with van der Waals surface area (Å²) in [5.74, 6) is 1.61. The number of hydrogen-bond acceptors (Lipinski definition) is 4. The van der Waals surface area contributed by atoms with Gasteiger partial charge >= 0.3 is 0 Å². The number of aromatic nitrogens is 1. The second-order valence-electron chi connectivity index (χ2n) is 5.80. The van der Waals surface area contributed by atoms with Gasteiger partial charge in [-0.25, -0.2) is 4.98 Å². The van der Waals surface area contributed by atoms with E-state index in [4.69, 9.17) is 0 Å². The summed E-state index contributed by atoms with van der Waals surface area (Å²) < 4.78 is 0. The Hall–Kier alpha value is -2.41. The van der Waals surface area contributed by atoms with Gasteiger partial charge in [-0.05, 0) is 47.4 Å². The second kappa shape index (κ2) is 9.78. The summed E-state index contributed by atoms with van der Waals surface area (Å²) >= 11 is 1.70. The number of rotatable bonds is 7. The highest BCUT2D eigenvalue weighted by Crippen LogP contribution is 2.16. The number of anilines is 1. The Bertz CT molecular complexity index is 699. The molecule has 6 nitrogen and oxygen atoms in total. The SMILES string of the molecule is CN=C(NCCC(=O)Nc1cccc(C)n1)NCC(C)c1ccsc1. The molecule has 1 unspecified atom stereocenters. The molecule has 0 aromatic carbocycles. The van der Waals surface area contributed by atoms with Crippen LogP contribution in [-0.4, -0.2) is 37.0 Å². The maximum absolute atomic E-state index is 12.0. The van der Waals surface area contributed by atoms with Crippen molar-refractivity contribution in [2.45, 2.75) is 26.2 Å². The lowest BCUT2D eigenvalue weighted by molar-refractivity contribution is -0.116. The van der Waals surface area contributed by atoms with E-state index in [2.05, 4.69) is 49.7 Å². The van der Waals surface area contributed by atoms with Crippen LogP contribution in [0.4, 0.5) is 5.82 Å². The van der Waals surface area contributed by atoms with Gasteiger partial charge < -0.3 is 16.0 Å². The number of thiophene rings is 1. The van der Waals surface area contributed by atoms with Crippen molar-refractivity contribution in [1.29, 1.82) is 0 Å². The third-order valence-corrected chi connectivity index (χ3v) is 4.41. The quantitative estimate of drug-likeness (QED) is 0.525. The minimum Gasteiger partial charge on any atom is -0.356 e. The van der Waals surface area contributed by atoms with E-state index in [0.717, 1.165) is 12.2 Å². The van der Waals surface area contributed by atoms with Gasteiger partial charge in [0.25, 0.3) is 0 Å². The molecule has 0 saturated heterocycles. The van der Waals surface area contributed by atoms with Gasteiger partial charge in [-0.1, -0.05) is 13.0 Å². The lowest BCUT2D eigenvalue weighted by Gasteiger charge is -2.15. The topological polar surface area (TPSA) is 78.4 Å². The molecule has 7 heteroatoms. The van der Waals surface area contributed by atoms with Crippen LogP contribution in [0.3, 0.4) is 0 Å². The Morgan fingerprint density at radius 2 is 2.16 bits per heavy atom. The van der Waals surface area contributed by atoms with Crippen molar-refractivity contribution in [3.63, 3.8) is 0 Å². The predicted molar refractivity (Wildman–Crippen MR) is 104 cm³/mol. The maximum Gasteiger partial charge on any atom is 0.227 e. The maximum atomic E-state index is 12.0. The fraction of sp³-hybridized carbons (Fsp3) is 0.389. The highest BCUT2D eigenvalue weighted by atomic mass is 32.1. The van der Waals surface area contributed by atoms with E-state index in [1.807, 2.05) is 19.1 Å². The second-order valence-corrected chi connectivity index (χ2v) is 6.58. The molecule has 0 saturated carbocycles. The van der Waals surface area contributed by atoms with Crippen LogP contribution in [-0.2, 0) is 4.79 Å². The van der Waals surface area contributed by atoms with Crippen molar-refractivity contribution >= 4 is 29.0 Å². The molecule has 0 fully saturated rings. The average Bonchev–Trinajstić information content (AvgIpc) is 3.12. The van der Waals surface area contributed by atoms with Crippen LogP contribution in [0.1, 0.15) is 30.5 Å². The molecule has 2 aromatic heterocycles. The summed E-state index contributed by atoms with van der Waals surface area (Å²) in [5.41, 5.74) is 2.19. The first-order chi connectivity index (χ1) is 12.1. The van der Waals surface area contributed by atoms with E-state index in [1.54, 1.807) is 24.5 Å². The Morgan fingerprint density at radius 1 is 1.32 bits per heavy atom. The summed E-state index contributed by atoms with van der Waals surface area (Å²) in [6.07, 6.45) is 0.344. The van der Waals surface area contributed by atoms with E-state index in [1.165, 1.54) is 5.56 Å². The monoisotopic (exact) mass is 359 g/mol. The zero-order chi connectivity index (χ0) is 18.1. The number of hydrogen-bond donors (Lipinski definition) is 3. The van der Waals surface area contributed by atoms with Crippen LogP contribution >= 0.6 is 11.3 Å². The molecular formula is C18H25N5OS. The van der Waals surface area contributed by atoms with Crippen molar-refractivity contribution < 1.29 is 4.79 Å². The van der Waals surface area contributed by atoms with Crippen molar-refractivity contribution in [2.75, 3.05) is 25.5 Å². The molecule has 1 amide bonds. The molecule has 2 aromatic rings. The smallest absolute Gasteiger partial charge is 0.227 e. The fourth-order valence-electron chi connectivity index (χ4n) is 2.26. The summed E-state index contributed by atoms with van der Waals surface area (Å²) in [6.45, 7) is 5.36. The Morgan fingerprint density at radius 3 is 2.84 bits per heavy atom. The first kappa shape index (κ1) is 18.9. The van der Waals surface area contributed by atoms with Crippen LogP contribution in [0.25, 0.3) is 0 Å².